The molecule has 2 N–H and O–H groups in total. The molecule has 1 fully saturated rings. The number of hydrogen-bond donors (Lipinski definition) is 2. The predicted molar refractivity (Wildman–Crippen MR) is 103 cm³/mol. The maximum absolute atomic E-state index is 13.1. The van der Waals surface area contributed by atoms with Crippen molar-refractivity contribution >= 4 is 6.03 Å². The molecule has 2 aromatic carbocycles. The molecule has 6 heteroatoms. The van der Waals surface area contributed by atoms with E-state index in [-0.39, 0.29) is 17.9 Å². The Balaban J connectivity index is 1.29. The van der Waals surface area contributed by atoms with Gasteiger partial charge in [-0.25, -0.2) is 9.18 Å². The van der Waals surface area contributed by atoms with Gasteiger partial charge in [-0.15, -0.1) is 0 Å². The summed E-state index contributed by atoms with van der Waals surface area (Å²) < 4.78 is 18.5. The number of ether oxygens (including phenoxy) is 1. The smallest absolute Gasteiger partial charge is 0.315 e. The zero-order chi connectivity index (χ0) is 18.9. The molecular weight excluding hydrogens is 345 g/mol. The molecule has 0 radical (unpaired) electrons. The second-order valence-corrected chi connectivity index (χ2v) is 6.74. The third-order valence-corrected chi connectivity index (χ3v) is 4.62. The number of nitrogens with one attached hydrogen (secondary N) is 2. The number of likely N-dealkylation sites (tertiary alicyclic amines) is 1. The molecule has 144 valence electrons. The number of nitrogens with zero attached hydrogens (tertiary/aromatic N) is 1. The van der Waals surface area contributed by atoms with E-state index in [4.69, 9.17) is 4.74 Å². The fraction of sp³-hybridized carbons (Fsp3) is 0.381. The van der Waals surface area contributed by atoms with Crippen molar-refractivity contribution in [3.8, 4) is 5.75 Å². The minimum absolute atomic E-state index is 0.181. The molecule has 27 heavy (non-hydrogen) atoms. The number of amides is 2. The molecule has 1 saturated heterocycles. The van der Waals surface area contributed by atoms with Gasteiger partial charge in [0.1, 0.15) is 18.2 Å². The Kier molecular flexibility index (Phi) is 7.04. The molecule has 0 aromatic heterocycles. The van der Waals surface area contributed by atoms with Crippen LogP contribution in [-0.2, 0) is 6.54 Å². The molecule has 1 aliphatic rings. The zero-order valence-electron chi connectivity index (χ0n) is 15.4. The quantitative estimate of drug-likeness (QED) is 0.735. The summed E-state index contributed by atoms with van der Waals surface area (Å²) in [6.45, 7) is 3.57. The van der Waals surface area contributed by atoms with E-state index in [1.165, 1.54) is 17.7 Å². The highest BCUT2D eigenvalue weighted by molar-refractivity contribution is 5.74. The second kappa shape index (κ2) is 9.92. The normalized spacial score (nSPS) is 15.3. The fourth-order valence-corrected chi connectivity index (χ4v) is 3.20. The monoisotopic (exact) mass is 371 g/mol. The van der Waals surface area contributed by atoms with Crippen LogP contribution in [0.4, 0.5) is 9.18 Å². The minimum Gasteiger partial charge on any atom is -0.492 e. The average Bonchev–Trinajstić information content (AvgIpc) is 2.68. The van der Waals surface area contributed by atoms with Crippen molar-refractivity contribution in [2.24, 2.45) is 0 Å². The number of halogens is 1. The molecule has 0 spiro atoms. The topological polar surface area (TPSA) is 53.6 Å². The lowest BCUT2D eigenvalue weighted by atomic mass is 10.0. The first-order valence-corrected chi connectivity index (χ1v) is 9.38. The van der Waals surface area contributed by atoms with Crippen LogP contribution in [0.3, 0.4) is 0 Å². The lowest BCUT2D eigenvalue weighted by Crippen LogP contribution is -2.48. The summed E-state index contributed by atoms with van der Waals surface area (Å²) in [6.07, 6.45) is 1.89. The molecular formula is C21H26FN3O2. The Bertz CT molecular complexity index is 718. The minimum atomic E-state index is -0.336. The molecule has 0 saturated carbocycles. The van der Waals surface area contributed by atoms with Crippen molar-refractivity contribution in [2.45, 2.75) is 25.4 Å². The van der Waals surface area contributed by atoms with Crippen LogP contribution in [0, 0.1) is 5.82 Å². The Morgan fingerprint density at radius 2 is 1.89 bits per heavy atom. The van der Waals surface area contributed by atoms with Gasteiger partial charge in [0.15, 0.2) is 0 Å². The molecule has 5 nitrogen and oxygen atoms in total. The van der Waals surface area contributed by atoms with Crippen LogP contribution >= 0.6 is 0 Å². The number of carbonyl (C=O) groups excluding carboxylic acids is 1. The van der Waals surface area contributed by atoms with Gasteiger partial charge in [-0.1, -0.05) is 36.4 Å². The van der Waals surface area contributed by atoms with E-state index in [2.05, 4.69) is 39.8 Å². The van der Waals surface area contributed by atoms with Crippen LogP contribution in [-0.4, -0.2) is 43.2 Å². The zero-order valence-corrected chi connectivity index (χ0v) is 15.4. The van der Waals surface area contributed by atoms with Crippen LogP contribution in [0.2, 0.25) is 0 Å². The lowest BCUT2D eigenvalue weighted by Gasteiger charge is -2.32. The van der Waals surface area contributed by atoms with E-state index in [1.54, 1.807) is 12.1 Å². The van der Waals surface area contributed by atoms with E-state index < -0.39 is 0 Å². The number of urea groups is 1. The van der Waals surface area contributed by atoms with Crippen LogP contribution < -0.4 is 15.4 Å². The molecule has 2 aromatic rings. The first-order valence-electron chi connectivity index (χ1n) is 9.38. The number of carbonyl (C=O) groups is 1. The molecule has 0 aliphatic carbocycles. The average molecular weight is 371 g/mol. The summed E-state index contributed by atoms with van der Waals surface area (Å²) in [7, 11) is 0. The lowest BCUT2D eigenvalue weighted by molar-refractivity contribution is 0.186. The first kappa shape index (κ1) is 19.2. The SMILES string of the molecule is O=C(NCCOc1cccc(F)c1)NC1CCN(Cc2ccccc2)CC1. The van der Waals surface area contributed by atoms with Gasteiger partial charge in [-0.3, -0.25) is 4.90 Å². The number of benzene rings is 2. The highest BCUT2D eigenvalue weighted by Crippen LogP contribution is 2.14. The van der Waals surface area contributed by atoms with Gasteiger partial charge >= 0.3 is 6.03 Å². The van der Waals surface area contributed by atoms with Gasteiger partial charge in [0, 0.05) is 31.7 Å². The largest absolute Gasteiger partial charge is 0.492 e. The predicted octanol–water partition coefficient (Wildman–Crippen LogP) is 3.17. The van der Waals surface area contributed by atoms with Crippen molar-refractivity contribution in [1.82, 2.24) is 15.5 Å². The maximum atomic E-state index is 13.1. The molecule has 1 aliphatic heterocycles. The first-order chi connectivity index (χ1) is 13.2. The van der Waals surface area contributed by atoms with Gasteiger partial charge in [0.25, 0.3) is 0 Å². The van der Waals surface area contributed by atoms with E-state index in [9.17, 15) is 9.18 Å². The van der Waals surface area contributed by atoms with Gasteiger partial charge in [-0.05, 0) is 30.5 Å². The summed E-state index contributed by atoms with van der Waals surface area (Å²) in [5, 5.41) is 5.80. The summed E-state index contributed by atoms with van der Waals surface area (Å²) >= 11 is 0. The maximum Gasteiger partial charge on any atom is 0.315 e. The van der Waals surface area contributed by atoms with Crippen LogP contribution in [0.1, 0.15) is 18.4 Å². The van der Waals surface area contributed by atoms with Crippen LogP contribution in [0.15, 0.2) is 54.6 Å². The Morgan fingerprint density at radius 1 is 1.11 bits per heavy atom. The standard InChI is InChI=1S/C21H26FN3O2/c22-18-7-4-8-20(15-18)27-14-11-23-21(26)24-19-9-12-25(13-10-19)16-17-5-2-1-3-6-17/h1-8,15,19H,9-14,16H2,(H2,23,24,26). The van der Waals surface area contributed by atoms with Crippen molar-refractivity contribution in [3.05, 3.63) is 66.0 Å². The number of rotatable bonds is 7. The van der Waals surface area contributed by atoms with E-state index in [0.717, 1.165) is 32.5 Å². The molecule has 0 bridgehead atoms. The van der Waals surface area contributed by atoms with Gasteiger partial charge in [-0.2, -0.15) is 0 Å². The van der Waals surface area contributed by atoms with Gasteiger partial charge in [0.2, 0.25) is 0 Å². The van der Waals surface area contributed by atoms with Crippen molar-refractivity contribution < 1.29 is 13.9 Å². The van der Waals surface area contributed by atoms with Crippen molar-refractivity contribution in [2.75, 3.05) is 26.2 Å². The summed E-state index contributed by atoms with van der Waals surface area (Å²) in [5.41, 5.74) is 1.32. The summed E-state index contributed by atoms with van der Waals surface area (Å²) in [4.78, 5) is 14.4. The second-order valence-electron chi connectivity index (χ2n) is 6.74. The van der Waals surface area contributed by atoms with Gasteiger partial charge in [0.05, 0.1) is 6.54 Å². The van der Waals surface area contributed by atoms with Crippen LogP contribution in [0.25, 0.3) is 0 Å². The molecule has 3 rings (SSSR count). The van der Waals surface area contributed by atoms with Crippen molar-refractivity contribution in [1.29, 1.82) is 0 Å². The molecule has 0 unspecified atom stereocenters. The van der Waals surface area contributed by atoms with Gasteiger partial charge < -0.3 is 15.4 Å². The highest BCUT2D eigenvalue weighted by Gasteiger charge is 2.20. The van der Waals surface area contributed by atoms with E-state index in [1.807, 2.05) is 6.07 Å². The van der Waals surface area contributed by atoms with Crippen LogP contribution in [0.5, 0.6) is 5.75 Å². The fourth-order valence-electron chi connectivity index (χ4n) is 3.20. The third-order valence-electron chi connectivity index (χ3n) is 4.62. The molecule has 1 heterocycles. The van der Waals surface area contributed by atoms with E-state index >= 15 is 0 Å². The molecule has 2 amide bonds. The Hall–Kier alpha value is -2.60. The summed E-state index contributed by atoms with van der Waals surface area (Å²) in [5.74, 6) is 0.125. The van der Waals surface area contributed by atoms with Crippen molar-refractivity contribution in [3.63, 3.8) is 0 Å². The number of piperidine rings is 1. The Labute approximate surface area is 159 Å². The Morgan fingerprint density at radius 3 is 2.63 bits per heavy atom. The summed E-state index contributed by atoms with van der Waals surface area (Å²) in [6, 6.07) is 16.4. The molecule has 0 atom stereocenters. The van der Waals surface area contributed by atoms with E-state index in [0.29, 0.717) is 18.9 Å². The number of hydrogen-bond acceptors (Lipinski definition) is 3. The highest BCUT2D eigenvalue weighted by atomic mass is 19.1. The third kappa shape index (κ3) is 6.57.